The standard InChI is InChI=1S/C12H8BrClOS/c1-7-2-3-8(4-11(7)14)12(15)9-5-16-6-10(9)13/h2-6H,1H3. The normalized spacial score (nSPS) is 10.4. The topological polar surface area (TPSA) is 17.1 Å². The molecule has 0 fully saturated rings. The van der Waals surface area contributed by atoms with E-state index in [1.54, 1.807) is 12.1 Å². The van der Waals surface area contributed by atoms with Crippen LogP contribution in [-0.2, 0) is 0 Å². The molecule has 0 aliphatic rings. The first-order valence-electron chi connectivity index (χ1n) is 4.62. The molecule has 0 aliphatic heterocycles. The van der Waals surface area contributed by atoms with Gasteiger partial charge in [-0.15, -0.1) is 0 Å². The Kier molecular flexibility index (Phi) is 3.47. The number of rotatable bonds is 2. The van der Waals surface area contributed by atoms with Crippen LogP contribution in [0.5, 0.6) is 0 Å². The van der Waals surface area contributed by atoms with Crippen LogP contribution >= 0.6 is 38.9 Å². The van der Waals surface area contributed by atoms with Crippen LogP contribution in [0.3, 0.4) is 0 Å². The molecule has 0 saturated carbocycles. The average Bonchev–Trinajstić information content (AvgIpc) is 2.67. The Bertz CT molecular complexity index is 548. The molecule has 0 spiro atoms. The van der Waals surface area contributed by atoms with Gasteiger partial charge in [-0.2, -0.15) is 11.3 Å². The van der Waals surface area contributed by atoms with Gasteiger partial charge in [0.25, 0.3) is 0 Å². The van der Waals surface area contributed by atoms with Gasteiger partial charge in [0.15, 0.2) is 5.78 Å². The summed E-state index contributed by atoms with van der Waals surface area (Å²) in [6.07, 6.45) is 0. The second-order valence-electron chi connectivity index (χ2n) is 3.43. The molecule has 0 N–H and O–H groups in total. The minimum absolute atomic E-state index is 0.00461. The zero-order valence-corrected chi connectivity index (χ0v) is 11.6. The number of hydrogen-bond donors (Lipinski definition) is 0. The maximum atomic E-state index is 12.1. The molecule has 0 amide bonds. The van der Waals surface area contributed by atoms with E-state index in [9.17, 15) is 4.79 Å². The quantitative estimate of drug-likeness (QED) is 0.734. The van der Waals surface area contributed by atoms with Crippen molar-refractivity contribution in [1.29, 1.82) is 0 Å². The Morgan fingerprint density at radius 1 is 1.38 bits per heavy atom. The SMILES string of the molecule is Cc1ccc(C(=O)c2cscc2Br)cc1Cl. The van der Waals surface area contributed by atoms with E-state index in [0.29, 0.717) is 16.1 Å². The van der Waals surface area contributed by atoms with Crippen molar-refractivity contribution in [2.24, 2.45) is 0 Å². The highest BCUT2D eigenvalue weighted by Gasteiger charge is 2.13. The second-order valence-corrected chi connectivity index (χ2v) is 5.43. The van der Waals surface area contributed by atoms with Gasteiger partial charge in [-0.05, 0) is 34.5 Å². The first kappa shape index (κ1) is 11.8. The summed E-state index contributed by atoms with van der Waals surface area (Å²) in [4.78, 5) is 12.1. The molecule has 16 heavy (non-hydrogen) atoms. The van der Waals surface area contributed by atoms with E-state index in [2.05, 4.69) is 15.9 Å². The van der Waals surface area contributed by atoms with Gasteiger partial charge in [-0.3, -0.25) is 4.79 Å². The molecule has 0 radical (unpaired) electrons. The molecule has 1 aromatic heterocycles. The van der Waals surface area contributed by atoms with Crippen molar-refractivity contribution in [2.75, 3.05) is 0 Å². The highest BCUT2D eigenvalue weighted by Crippen LogP contribution is 2.25. The van der Waals surface area contributed by atoms with Gasteiger partial charge in [0.05, 0.1) is 0 Å². The van der Waals surface area contributed by atoms with Crippen molar-refractivity contribution in [1.82, 2.24) is 0 Å². The largest absolute Gasteiger partial charge is 0.289 e. The van der Waals surface area contributed by atoms with Crippen LogP contribution in [0.2, 0.25) is 5.02 Å². The monoisotopic (exact) mass is 314 g/mol. The lowest BCUT2D eigenvalue weighted by molar-refractivity contribution is 0.103. The van der Waals surface area contributed by atoms with Gasteiger partial charge < -0.3 is 0 Å². The Morgan fingerprint density at radius 2 is 2.12 bits per heavy atom. The summed E-state index contributed by atoms with van der Waals surface area (Å²) in [5.74, 6) is -0.00461. The van der Waals surface area contributed by atoms with E-state index in [-0.39, 0.29) is 5.78 Å². The third-order valence-corrected chi connectivity index (χ3v) is 4.40. The van der Waals surface area contributed by atoms with Gasteiger partial charge in [0, 0.05) is 31.4 Å². The molecule has 1 aromatic carbocycles. The molecule has 4 heteroatoms. The van der Waals surface area contributed by atoms with Gasteiger partial charge in [0.2, 0.25) is 0 Å². The number of benzene rings is 1. The van der Waals surface area contributed by atoms with E-state index in [0.717, 1.165) is 10.0 Å². The summed E-state index contributed by atoms with van der Waals surface area (Å²) in [5.41, 5.74) is 2.28. The molecule has 1 heterocycles. The van der Waals surface area contributed by atoms with Crippen molar-refractivity contribution in [3.05, 3.63) is 55.1 Å². The Balaban J connectivity index is 2.42. The third-order valence-electron chi connectivity index (χ3n) is 2.29. The zero-order chi connectivity index (χ0) is 11.7. The fourth-order valence-corrected chi connectivity index (χ4v) is 2.97. The van der Waals surface area contributed by atoms with Crippen molar-refractivity contribution in [2.45, 2.75) is 6.92 Å². The van der Waals surface area contributed by atoms with Crippen molar-refractivity contribution >= 4 is 44.7 Å². The van der Waals surface area contributed by atoms with E-state index >= 15 is 0 Å². The van der Waals surface area contributed by atoms with E-state index in [1.165, 1.54) is 11.3 Å². The summed E-state index contributed by atoms with van der Waals surface area (Å²) in [6.45, 7) is 1.91. The fraction of sp³-hybridized carbons (Fsp3) is 0.0833. The number of thiophene rings is 1. The summed E-state index contributed by atoms with van der Waals surface area (Å²) < 4.78 is 0.833. The molecule has 0 bridgehead atoms. The number of halogens is 2. The molecule has 0 atom stereocenters. The van der Waals surface area contributed by atoms with Gasteiger partial charge >= 0.3 is 0 Å². The summed E-state index contributed by atoms with van der Waals surface area (Å²) in [5, 5.41) is 4.35. The number of ketones is 1. The number of aryl methyl sites for hydroxylation is 1. The van der Waals surface area contributed by atoms with Crippen LogP contribution in [0.4, 0.5) is 0 Å². The number of carbonyl (C=O) groups excluding carboxylic acids is 1. The summed E-state index contributed by atoms with van der Waals surface area (Å²) in [7, 11) is 0. The van der Waals surface area contributed by atoms with Gasteiger partial charge in [-0.25, -0.2) is 0 Å². The zero-order valence-electron chi connectivity index (χ0n) is 8.46. The van der Waals surface area contributed by atoms with Crippen LogP contribution in [0, 0.1) is 6.92 Å². The molecule has 2 aromatic rings. The molecule has 0 aliphatic carbocycles. The molecule has 0 saturated heterocycles. The highest BCUT2D eigenvalue weighted by molar-refractivity contribution is 9.10. The minimum atomic E-state index is -0.00461. The Morgan fingerprint density at radius 3 is 2.69 bits per heavy atom. The maximum absolute atomic E-state index is 12.1. The van der Waals surface area contributed by atoms with E-state index < -0.39 is 0 Å². The predicted octanol–water partition coefficient (Wildman–Crippen LogP) is 4.70. The van der Waals surface area contributed by atoms with Crippen LogP contribution in [0.25, 0.3) is 0 Å². The maximum Gasteiger partial charge on any atom is 0.195 e. The Labute approximate surface area is 111 Å². The molecular formula is C12H8BrClOS. The van der Waals surface area contributed by atoms with Gasteiger partial charge in [-0.1, -0.05) is 23.7 Å². The van der Waals surface area contributed by atoms with Crippen LogP contribution in [0.1, 0.15) is 21.5 Å². The Hall–Kier alpha value is -0.640. The first-order chi connectivity index (χ1) is 7.59. The molecule has 0 unspecified atom stereocenters. The lowest BCUT2D eigenvalue weighted by Gasteiger charge is -2.02. The molecular weight excluding hydrogens is 308 g/mol. The molecule has 1 nitrogen and oxygen atoms in total. The second kappa shape index (κ2) is 4.70. The van der Waals surface area contributed by atoms with Crippen LogP contribution < -0.4 is 0 Å². The molecule has 2 rings (SSSR count). The number of carbonyl (C=O) groups is 1. The lowest BCUT2D eigenvalue weighted by Crippen LogP contribution is -2.00. The average molecular weight is 316 g/mol. The predicted molar refractivity (Wildman–Crippen MR) is 71.6 cm³/mol. The fourth-order valence-electron chi connectivity index (χ4n) is 1.33. The third kappa shape index (κ3) is 2.21. The van der Waals surface area contributed by atoms with Crippen molar-refractivity contribution < 1.29 is 4.79 Å². The molecule has 82 valence electrons. The minimum Gasteiger partial charge on any atom is -0.289 e. The summed E-state index contributed by atoms with van der Waals surface area (Å²) in [6, 6.07) is 5.37. The van der Waals surface area contributed by atoms with Gasteiger partial charge in [0.1, 0.15) is 0 Å². The van der Waals surface area contributed by atoms with E-state index in [4.69, 9.17) is 11.6 Å². The summed E-state index contributed by atoms with van der Waals surface area (Å²) >= 11 is 10.8. The smallest absolute Gasteiger partial charge is 0.195 e. The van der Waals surface area contributed by atoms with E-state index in [1.807, 2.05) is 23.8 Å². The van der Waals surface area contributed by atoms with Crippen molar-refractivity contribution in [3.8, 4) is 0 Å². The van der Waals surface area contributed by atoms with Crippen molar-refractivity contribution in [3.63, 3.8) is 0 Å². The van der Waals surface area contributed by atoms with Crippen LogP contribution in [0.15, 0.2) is 33.4 Å². The first-order valence-corrected chi connectivity index (χ1v) is 6.73. The number of hydrogen-bond acceptors (Lipinski definition) is 2. The van der Waals surface area contributed by atoms with Crippen LogP contribution in [-0.4, -0.2) is 5.78 Å². The highest BCUT2D eigenvalue weighted by atomic mass is 79.9. The lowest BCUT2D eigenvalue weighted by atomic mass is 10.0.